The molecule has 0 aromatic carbocycles. The van der Waals surface area contributed by atoms with Gasteiger partial charge in [-0.05, 0) is 25.2 Å². The van der Waals surface area contributed by atoms with Gasteiger partial charge in [0, 0.05) is 6.04 Å². The molecule has 0 spiro atoms. The third-order valence-corrected chi connectivity index (χ3v) is 2.85. The van der Waals surface area contributed by atoms with Crippen molar-refractivity contribution < 1.29 is 0 Å². The fraction of sp³-hybridized carbons (Fsp3) is 0.636. The van der Waals surface area contributed by atoms with Crippen molar-refractivity contribution in [3.8, 4) is 0 Å². The third-order valence-electron chi connectivity index (χ3n) is 2.85. The van der Waals surface area contributed by atoms with Crippen LogP contribution >= 0.6 is 0 Å². The first kappa shape index (κ1) is 8.06. The van der Waals surface area contributed by atoms with Gasteiger partial charge in [0.2, 0.25) is 0 Å². The van der Waals surface area contributed by atoms with Gasteiger partial charge in [-0.3, -0.25) is 0 Å². The molecule has 0 aliphatic heterocycles. The second-order valence-corrected chi connectivity index (χ2v) is 4.00. The van der Waals surface area contributed by atoms with Gasteiger partial charge in [-0.2, -0.15) is 0 Å². The van der Waals surface area contributed by atoms with Crippen LogP contribution in [0.2, 0.25) is 0 Å². The highest BCUT2D eigenvalue weighted by Gasteiger charge is 2.36. The molecule has 2 rings (SSSR count). The highest BCUT2D eigenvalue weighted by molar-refractivity contribution is 5.35. The van der Waals surface area contributed by atoms with E-state index in [2.05, 4.69) is 19.1 Å². The first-order valence-corrected chi connectivity index (χ1v) is 4.95. The van der Waals surface area contributed by atoms with E-state index in [4.69, 9.17) is 5.73 Å². The summed E-state index contributed by atoms with van der Waals surface area (Å²) in [4.78, 5) is 0. The molecule has 2 aliphatic carbocycles. The molecule has 0 saturated heterocycles. The van der Waals surface area contributed by atoms with E-state index in [1.807, 2.05) is 0 Å². The monoisotopic (exact) mass is 163 g/mol. The van der Waals surface area contributed by atoms with E-state index >= 15 is 0 Å². The van der Waals surface area contributed by atoms with Crippen LogP contribution in [0.15, 0.2) is 23.3 Å². The standard InChI is InChI=1S/C11H17N/c1-2-3-8-4-5-9(6-8)10-7-11(10)12/h4-5,10-11H,2-3,6-7,12H2,1H3. The Bertz CT molecular complexity index is 237. The van der Waals surface area contributed by atoms with Gasteiger partial charge in [-0.15, -0.1) is 0 Å². The van der Waals surface area contributed by atoms with Crippen molar-refractivity contribution in [1.82, 2.24) is 0 Å². The van der Waals surface area contributed by atoms with Gasteiger partial charge in [0.05, 0.1) is 0 Å². The summed E-state index contributed by atoms with van der Waals surface area (Å²) < 4.78 is 0. The number of hydrogen-bond acceptors (Lipinski definition) is 1. The maximum atomic E-state index is 5.80. The smallest absolute Gasteiger partial charge is 0.0112 e. The zero-order chi connectivity index (χ0) is 8.55. The Kier molecular flexibility index (Phi) is 2.05. The summed E-state index contributed by atoms with van der Waals surface area (Å²) >= 11 is 0. The summed E-state index contributed by atoms with van der Waals surface area (Å²) in [6.07, 6.45) is 9.56. The fourth-order valence-corrected chi connectivity index (χ4v) is 1.99. The van der Waals surface area contributed by atoms with Crippen molar-refractivity contribution in [1.29, 1.82) is 0 Å². The highest BCUT2D eigenvalue weighted by Crippen LogP contribution is 2.41. The molecule has 1 nitrogen and oxygen atoms in total. The first-order chi connectivity index (χ1) is 5.81. The van der Waals surface area contributed by atoms with Gasteiger partial charge in [-0.25, -0.2) is 0 Å². The van der Waals surface area contributed by atoms with E-state index < -0.39 is 0 Å². The van der Waals surface area contributed by atoms with Gasteiger partial charge in [-0.1, -0.05) is 36.6 Å². The zero-order valence-electron chi connectivity index (χ0n) is 7.72. The van der Waals surface area contributed by atoms with E-state index in [0.717, 1.165) is 5.92 Å². The molecule has 12 heavy (non-hydrogen) atoms. The first-order valence-electron chi connectivity index (χ1n) is 4.95. The maximum absolute atomic E-state index is 5.80. The van der Waals surface area contributed by atoms with Gasteiger partial charge >= 0.3 is 0 Å². The van der Waals surface area contributed by atoms with Crippen LogP contribution in [-0.2, 0) is 0 Å². The Balaban J connectivity index is 1.85. The van der Waals surface area contributed by atoms with E-state index in [1.165, 1.54) is 25.7 Å². The minimum atomic E-state index is 0.477. The minimum absolute atomic E-state index is 0.477. The molecule has 2 aliphatic rings. The quantitative estimate of drug-likeness (QED) is 0.679. The summed E-state index contributed by atoms with van der Waals surface area (Å²) in [5.74, 6) is 0.732. The van der Waals surface area contributed by atoms with E-state index in [1.54, 1.807) is 11.1 Å². The number of nitrogens with two attached hydrogens (primary N) is 1. The molecule has 66 valence electrons. The molecule has 0 amide bonds. The van der Waals surface area contributed by atoms with Crippen LogP contribution in [0, 0.1) is 5.92 Å². The highest BCUT2D eigenvalue weighted by atomic mass is 14.7. The zero-order valence-corrected chi connectivity index (χ0v) is 7.72. The van der Waals surface area contributed by atoms with Crippen LogP contribution < -0.4 is 5.73 Å². The van der Waals surface area contributed by atoms with E-state index in [0.29, 0.717) is 6.04 Å². The van der Waals surface area contributed by atoms with Crippen LogP contribution in [0.3, 0.4) is 0 Å². The van der Waals surface area contributed by atoms with Crippen molar-refractivity contribution in [2.24, 2.45) is 11.7 Å². The summed E-state index contributed by atoms with van der Waals surface area (Å²) in [6.45, 7) is 2.24. The number of allylic oxidation sites excluding steroid dienone is 3. The molecular weight excluding hydrogens is 146 g/mol. The third kappa shape index (κ3) is 1.46. The van der Waals surface area contributed by atoms with Gasteiger partial charge in [0.15, 0.2) is 0 Å². The lowest BCUT2D eigenvalue weighted by molar-refractivity contribution is 0.831. The summed E-state index contributed by atoms with van der Waals surface area (Å²) in [5, 5.41) is 0. The number of rotatable bonds is 3. The van der Waals surface area contributed by atoms with Crippen LogP contribution in [0.1, 0.15) is 32.6 Å². The Hall–Kier alpha value is -0.560. The normalized spacial score (nSPS) is 33.2. The molecule has 1 fully saturated rings. The Morgan fingerprint density at radius 2 is 2.25 bits per heavy atom. The van der Waals surface area contributed by atoms with Crippen molar-refractivity contribution in [3.05, 3.63) is 23.3 Å². The van der Waals surface area contributed by atoms with E-state index in [9.17, 15) is 0 Å². The Morgan fingerprint density at radius 3 is 2.83 bits per heavy atom. The summed E-state index contributed by atoms with van der Waals surface area (Å²) in [5.41, 5.74) is 8.99. The Labute approximate surface area is 74.3 Å². The molecule has 2 N–H and O–H groups in total. The lowest BCUT2D eigenvalue weighted by atomic mass is 10.0. The SMILES string of the molecule is CCCC1=CC=C(C2CC2N)C1. The molecular formula is C11H17N. The fourth-order valence-electron chi connectivity index (χ4n) is 1.99. The van der Waals surface area contributed by atoms with Crippen molar-refractivity contribution >= 4 is 0 Å². The van der Waals surface area contributed by atoms with Gasteiger partial charge in [0.25, 0.3) is 0 Å². The molecule has 2 unspecified atom stereocenters. The predicted octanol–water partition coefficient (Wildman–Crippen LogP) is 2.39. The van der Waals surface area contributed by atoms with Crippen molar-refractivity contribution in [3.63, 3.8) is 0 Å². The van der Waals surface area contributed by atoms with E-state index in [-0.39, 0.29) is 0 Å². The minimum Gasteiger partial charge on any atom is -0.327 e. The maximum Gasteiger partial charge on any atom is 0.0112 e. The predicted molar refractivity (Wildman–Crippen MR) is 51.8 cm³/mol. The van der Waals surface area contributed by atoms with Gasteiger partial charge < -0.3 is 5.73 Å². The largest absolute Gasteiger partial charge is 0.327 e. The van der Waals surface area contributed by atoms with Crippen molar-refractivity contribution in [2.75, 3.05) is 0 Å². The molecule has 0 bridgehead atoms. The molecule has 0 heterocycles. The van der Waals surface area contributed by atoms with Crippen LogP contribution in [0.25, 0.3) is 0 Å². The second-order valence-electron chi connectivity index (χ2n) is 4.00. The Morgan fingerprint density at radius 1 is 1.50 bits per heavy atom. The summed E-state index contributed by atoms with van der Waals surface area (Å²) in [7, 11) is 0. The molecule has 0 radical (unpaired) electrons. The average molecular weight is 163 g/mol. The average Bonchev–Trinajstić information content (AvgIpc) is 2.62. The lowest BCUT2D eigenvalue weighted by Gasteiger charge is -2.02. The second kappa shape index (κ2) is 3.06. The number of hydrogen-bond donors (Lipinski definition) is 1. The summed E-state index contributed by atoms with van der Waals surface area (Å²) in [6, 6.07) is 0.477. The van der Waals surface area contributed by atoms with Gasteiger partial charge in [0.1, 0.15) is 0 Å². The molecule has 1 heteroatoms. The molecule has 0 aromatic heterocycles. The van der Waals surface area contributed by atoms with Crippen LogP contribution in [0.4, 0.5) is 0 Å². The molecule has 1 saturated carbocycles. The molecule has 0 aromatic rings. The van der Waals surface area contributed by atoms with Crippen LogP contribution in [0.5, 0.6) is 0 Å². The topological polar surface area (TPSA) is 26.0 Å². The van der Waals surface area contributed by atoms with Crippen molar-refractivity contribution in [2.45, 2.75) is 38.6 Å². The lowest BCUT2D eigenvalue weighted by Crippen LogP contribution is -2.02. The van der Waals surface area contributed by atoms with Crippen LogP contribution in [-0.4, -0.2) is 6.04 Å². The molecule has 2 atom stereocenters.